The summed E-state index contributed by atoms with van der Waals surface area (Å²) in [4.78, 5) is 34.8. The van der Waals surface area contributed by atoms with E-state index in [1.54, 1.807) is 0 Å². The number of unbranched alkanes of at least 4 members (excludes halogenated alkanes) is 8. The van der Waals surface area contributed by atoms with E-state index in [0.29, 0.717) is 12.8 Å². The average molecular weight is 788 g/mol. The first kappa shape index (κ1) is 51.9. The van der Waals surface area contributed by atoms with E-state index < -0.39 is 32.5 Å². The summed E-state index contributed by atoms with van der Waals surface area (Å²) >= 11 is 0. The monoisotopic (exact) mass is 788 g/mol. The number of allylic oxidation sites excluding steroid dienone is 16. The van der Waals surface area contributed by atoms with E-state index in [2.05, 4.69) is 98.9 Å². The quantitative estimate of drug-likeness (QED) is 0.0273. The Morgan fingerprint density at radius 1 is 0.564 bits per heavy atom. The molecule has 0 aliphatic rings. The topological polar surface area (TPSA) is 134 Å². The summed E-state index contributed by atoms with van der Waals surface area (Å²) in [5, 5.41) is 0. The third-order valence-electron chi connectivity index (χ3n) is 7.97. The summed E-state index contributed by atoms with van der Waals surface area (Å²) in [5.41, 5.74) is 5.33. The highest BCUT2D eigenvalue weighted by molar-refractivity contribution is 7.47. The minimum absolute atomic E-state index is 0.0344. The van der Waals surface area contributed by atoms with Crippen LogP contribution in [-0.2, 0) is 32.7 Å². The minimum Gasteiger partial charge on any atom is -0.462 e. The zero-order valence-electron chi connectivity index (χ0n) is 34.1. The molecular formula is C45H74NO8P. The van der Waals surface area contributed by atoms with Gasteiger partial charge in [0, 0.05) is 19.4 Å². The SMILES string of the molecule is CCC=CCC=CCC=CCC=CCC=CCC=CCCC(=O)O[C@H](COC(=O)CCCCCCCC=CCC=CCCCCC)COP(=O)(O)OCCN. The van der Waals surface area contributed by atoms with Gasteiger partial charge in [-0.1, -0.05) is 143 Å². The standard InChI is InChI=1S/C45H74NO8P/c1-3-5-7-9-11-13-15-17-19-20-21-22-24-26-28-30-32-34-36-38-45(48)54-43(42-53-55(49,50)52-40-39-46)41-51-44(47)37-35-33-31-29-27-25-23-18-16-14-12-10-8-6-4-2/h5,7,11-14,17-19,21-23,26,28,32,34,43H,3-4,6,8-10,15-16,20,24-25,27,29-31,33,35-42,46H2,1-2H3,(H,49,50)/t43-/m1/s1. The molecule has 0 saturated carbocycles. The molecule has 3 N–H and O–H groups in total. The van der Waals surface area contributed by atoms with Crippen LogP contribution in [0, 0.1) is 0 Å². The number of ether oxygens (including phenoxy) is 2. The summed E-state index contributed by atoms with van der Waals surface area (Å²) < 4.78 is 32.6. The van der Waals surface area contributed by atoms with E-state index in [4.69, 9.17) is 24.3 Å². The van der Waals surface area contributed by atoms with E-state index in [0.717, 1.165) is 77.0 Å². The molecule has 0 amide bonds. The first-order valence-corrected chi connectivity index (χ1v) is 22.2. The van der Waals surface area contributed by atoms with E-state index in [9.17, 15) is 19.0 Å². The van der Waals surface area contributed by atoms with Crippen molar-refractivity contribution in [3.05, 3.63) is 97.2 Å². The van der Waals surface area contributed by atoms with Gasteiger partial charge in [0.15, 0.2) is 6.10 Å². The molecule has 1 unspecified atom stereocenters. The summed E-state index contributed by atoms with van der Waals surface area (Å²) in [5.74, 6) is -0.954. The fraction of sp³-hybridized carbons (Fsp3) is 0.600. The zero-order valence-corrected chi connectivity index (χ0v) is 35.0. The minimum atomic E-state index is -4.41. The summed E-state index contributed by atoms with van der Waals surface area (Å²) in [7, 11) is -4.41. The van der Waals surface area contributed by atoms with Crippen molar-refractivity contribution >= 4 is 19.8 Å². The summed E-state index contributed by atoms with van der Waals surface area (Å²) in [6, 6.07) is 0. The average Bonchev–Trinajstić information content (AvgIpc) is 3.17. The van der Waals surface area contributed by atoms with Gasteiger partial charge in [0.1, 0.15) is 6.61 Å². The van der Waals surface area contributed by atoms with Crippen molar-refractivity contribution in [2.75, 3.05) is 26.4 Å². The van der Waals surface area contributed by atoms with Crippen LogP contribution in [0.1, 0.15) is 142 Å². The first-order chi connectivity index (χ1) is 26.8. The number of hydrogen-bond acceptors (Lipinski definition) is 8. The highest BCUT2D eigenvalue weighted by Crippen LogP contribution is 2.43. The Morgan fingerprint density at radius 2 is 1.04 bits per heavy atom. The van der Waals surface area contributed by atoms with Gasteiger partial charge in [0.25, 0.3) is 0 Å². The number of rotatable bonds is 37. The third kappa shape index (κ3) is 40.4. The van der Waals surface area contributed by atoms with Gasteiger partial charge in [0.05, 0.1) is 13.2 Å². The van der Waals surface area contributed by atoms with E-state index >= 15 is 0 Å². The van der Waals surface area contributed by atoms with Crippen LogP contribution in [-0.4, -0.2) is 49.3 Å². The van der Waals surface area contributed by atoms with Gasteiger partial charge in [-0.3, -0.25) is 18.6 Å². The van der Waals surface area contributed by atoms with Crippen LogP contribution in [0.2, 0.25) is 0 Å². The Labute approximate surface area is 334 Å². The van der Waals surface area contributed by atoms with Crippen molar-refractivity contribution in [1.29, 1.82) is 0 Å². The van der Waals surface area contributed by atoms with Crippen LogP contribution in [0.3, 0.4) is 0 Å². The molecule has 0 saturated heterocycles. The first-order valence-electron chi connectivity index (χ1n) is 20.7. The molecule has 0 bridgehead atoms. The van der Waals surface area contributed by atoms with Gasteiger partial charge < -0.3 is 20.1 Å². The van der Waals surface area contributed by atoms with Crippen molar-refractivity contribution < 1.29 is 37.6 Å². The lowest BCUT2D eigenvalue weighted by Gasteiger charge is -2.19. The van der Waals surface area contributed by atoms with Crippen molar-refractivity contribution in [1.82, 2.24) is 0 Å². The second-order valence-electron chi connectivity index (χ2n) is 13.1. The lowest BCUT2D eigenvalue weighted by molar-refractivity contribution is -0.161. The number of carbonyl (C=O) groups is 2. The largest absolute Gasteiger partial charge is 0.472 e. The fourth-order valence-electron chi connectivity index (χ4n) is 4.92. The van der Waals surface area contributed by atoms with E-state index in [1.165, 1.54) is 25.7 Å². The molecule has 0 aromatic rings. The summed E-state index contributed by atoms with van der Waals surface area (Å²) in [6.45, 7) is 3.46. The number of phosphoric ester groups is 1. The molecule has 312 valence electrons. The highest BCUT2D eigenvalue weighted by Gasteiger charge is 2.25. The Hall–Kier alpha value is -3.07. The van der Waals surface area contributed by atoms with Gasteiger partial charge in [-0.25, -0.2) is 4.57 Å². The van der Waals surface area contributed by atoms with Gasteiger partial charge in [-0.15, -0.1) is 0 Å². The maximum Gasteiger partial charge on any atom is 0.472 e. The van der Waals surface area contributed by atoms with Crippen molar-refractivity contribution in [3.8, 4) is 0 Å². The predicted octanol–water partition coefficient (Wildman–Crippen LogP) is 11.8. The van der Waals surface area contributed by atoms with Crippen molar-refractivity contribution in [2.45, 2.75) is 148 Å². The van der Waals surface area contributed by atoms with Crippen molar-refractivity contribution in [2.24, 2.45) is 5.73 Å². The molecule has 0 rings (SSSR count). The highest BCUT2D eigenvalue weighted by atomic mass is 31.2. The second kappa shape index (κ2) is 40.6. The molecule has 10 heteroatoms. The van der Waals surface area contributed by atoms with Crippen LogP contribution in [0.15, 0.2) is 97.2 Å². The van der Waals surface area contributed by atoms with Gasteiger partial charge in [0.2, 0.25) is 0 Å². The maximum absolute atomic E-state index is 12.5. The van der Waals surface area contributed by atoms with Crippen LogP contribution < -0.4 is 5.73 Å². The molecular weight excluding hydrogens is 713 g/mol. The number of esters is 2. The Kier molecular flexibility index (Phi) is 38.3. The maximum atomic E-state index is 12.5. The molecule has 0 fully saturated rings. The number of phosphoric acid groups is 1. The number of carbonyl (C=O) groups excluding carboxylic acids is 2. The number of nitrogens with two attached hydrogens (primary N) is 1. The number of hydrogen-bond donors (Lipinski definition) is 2. The predicted molar refractivity (Wildman–Crippen MR) is 228 cm³/mol. The fourth-order valence-corrected chi connectivity index (χ4v) is 5.69. The second-order valence-corrected chi connectivity index (χ2v) is 14.6. The molecule has 0 aliphatic carbocycles. The van der Waals surface area contributed by atoms with Crippen molar-refractivity contribution in [3.63, 3.8) is 0 Å². The molecule has 0 radical (unpaired) electrons. The normalized spacial score (nSPS) is 14.3. The molecule has 0 heterocycles. The Bertz CT molecular complexity index is 1220. The summed E-state index contributed by atoms with van der Waals surface area (Å²) in [6.07, 6.45) is 51.6. The van der Waals surface area contributed by atoms with Crippen LogP contribution in [0.4, 0.5) is 0 Å². The van der Waals surface area contributed by atoms with Crippen LogP contribution in [0.25, 0.3) is 0 Å². The van der Waals surface area contributed by atoms with Gasteiger partial charge >= 0.3 is 19.8 Å². The Balaban J connectivity index is 4.37. The molecule has 0 aliphatic heterocycles. The smallest absolute Gasteiger partial charge is 0.462 e. The Morgan fingerprint density at radius 3 is 1.56 bits per heavy atom. The van der Waals surface area contributed by atoms with Gasteiger partial charge in [-0.05, 0) is 83.5 Å². The molecule has 0 aromatic carbocycles. The molecule has 0 aromatic heterocycles. The van der Waals surface area contributed by atoms with Gasteiger partial charge in [-0.2, -0.15) is 0 Å². The molecule has 9 nitrogen and oxygen atoms in total. The lowest BCUT2D eigenvalue weighted by Crippen LogP contribution is -2.29. The van der Waals surface area contributed by atoms with Crippen LogP contribution in [0.5, 0.6) is 0 Å². The van der Waals surface area contributed by atoms with E-state index in [-0.39, 0.29) is 32.6 Å². The third-order valence-corrected chi connectivity index (χ3v) is 8.95. The molecule has 55 heavy (non-hydrogen) atoms. The zero-order chi connectivity index (χ0) is 40.3. The van der Waals surface area contributed by atoms with Crippen LogP contribution >= 0.6 is 7.82 Å². The molecule has 0 spiro atoms. The lowest BCUT2D eigenvalue weighted by atomic mass is 10.1. The molecule has 2 atom stereocenters. The van der Waals surface area contributed by atoms with E-state index in [1.807, 2.05) is 12.2 Å².